The van der Waals surface area contributed by atoms with E-state index in [-0.39, 0.29) is 24.3 Å². The molecule has 0 aromatic heterocycles. The Morgan fingerprint density at radius 1 is 0.844 bits per heavy atom. The van der Waals surface area contributed by atoms with Gasteiger partial charge in [-0.2, -0.15) is 13.2 Å². The number of nitrogens with zero attached hydrogens (tertiary/aromatic N) is 2. The normalized spacial score (nSPS) is 13.8. The number of halogens is 3. The average Bonchev–Trinajstić information content (AvgIpc) is 3.30. The predicted molar refractivity (Wildman–Crippen MR) is 162 cm³/mol. The van der Waals surface area contributed by atoms with Gasteiger partial charge in [0.1, 0.15) is 0 Å². The van der Waals surface area contributed by atoms with Crippen LogP contribution in [0.1, 0.15) is 32.6 Å². The molecular weight excluding hydrogens is 585 g/mol. The van der Waals surface area contributed by atoms with E-state index in [2.05, 4.69) is 17.4 Å². The summed E-state index contributed by atoms with van der Waals surface area (Å²) in [6.07, 6.45) is -4.31. The summed E-state index contributed by atoms with van der Waals surface area (Å²) in [5.74, 6) is -3.03. The van der Waals surface area contributed by atoms with Gasteiger partial charge in [0.05, 0.1) is 6.54 Å². The zero-order chi connectivity index (χ0) is 32.6. The largest absolute Gasteiger partial charge is 0.490 e. The van der Waals surface area contributed by atoms with Crippen molar-refractivity contribution in [1.82, 2.24) is 15.1 Å². The number of hydrogen-bond donors (Lipinski definition) is 3. The van der Waals surface area contributed by atoms with Crippen LogP contribution in [-0.2, 0) is 28.1 Å². The number of aliphatic carboxylic acids is 1. The van der Waals surface area contributed by atoms with E-state index < -0.39 is 17.7 Å². The Bertz CT molecular complexity index is 1610. The van der Waals surface area contributed by atoms with Crippen molar-refractivity contribution in [3.8, 4) is 0 Å². The van der Waals surface area contributed by atoms with Gasteiger partial charge in [-0.15, -0.1) is 0 Å². The highest BCUT2D eigenvalue weighted by molar-refractivity contribution is 6.10. The van der Waals surface area contributed by atoms with Crippen LogP contribution in [-0.4, -0.2) is 58.4 Å². The van der Waals surface area contributed by atoms with Gasteiger partial charge in [-0.3, -0.25) is 19.9 Å². The first-order valence-corrected chi connectivity index (χ1v) is 13.9. The van der Waals surface area contributed by atoms with Gasteiger partial charge in [-0.1, -0.05) is 103 Å². The molecule has 0 spiro atoms. The van der Waals surface area contributed by atoms with E-state index in [9.17, 15) is 22.8 Å². The van der Waals surface area contributed by atoms with Gasteiger partial charge in [-0.05, 0) is 40.8 Å². The van der Waals surface area contributed by atoms with Crippen molar-refractivity contribution < 1.29 is 32.7 Å². The van der Waals surface area contributed by atoms with Crippen molar-refractivity contribution >= 4 is 23.7 Å². The average molecular weight is 617 g/mol. The molecule has 0 unspecified atom stereocenters. The number of amides is 2. The van der Waals surface area contributed by atoms with E-state index in [1.54, 1.807) is 18.0 Å². The number of guanidine groups is 1. The fourth-order valence-corrected chi connectivity index (χ4v) is 4.94. The van der Waals surface area contributed by atoms with E-state index in [0.29, 0.717) is 12.1 Å². The van der Waals surface area contributed by atoms with Crippen molar-refractivity contribution in [2.45, 2.75) is 24.7 Å². The van der Waals surface area contributed by atoms with Crippen LogP contribution in [0.3, 0.4) is 0 Å². The number of rotatable bonds is 8. The topological polar surface area (TPSA) is 114 Å². The van der Waals surface area contributed by atoms with Gasteiger partial charge in [0.15, 0.2) is 11.5 Å². The Morgan fingerprint density at radius 2 is 1.33 bits per heavy atom. The number of hydrogen-bond acceptors (Lipinski definition) is 4. The highest BCUT2D eigenvalue weighted by Crippen LogP contribution is 2.36. The predicted octanol–water partition coefficient (Wildman–Crippen LogP) is 5.44. The van der Waals surface area contributed by atoms with Crippen molar-refractivity contribution in [2.75, 3.05) is 13.6 Å². The highest BCUT2D eigenvalue weighted by Gasteiger charge is 2.52. The van der Waals surface area contributed by atoms with Gasteiger partial charge < -0.3 is 15.3 Å². The SMILES string of the molecule is CN(CCc1ccccc1)C(=O)c1cccc(CN2C(=N)NC(c3ccccc3)(c3ccccc3)C2=O)c1.O=C(O)C(F)(F)F. The molecule has 2 amide bonds. The lowest BCUT2D eigenvalue weighted by Crippen LogP contribution is -2.45. The van der Waals surface area contributed by atoms with Crippen LogP contribution in [0.4, 0.5) is 13.2 Å². The second kappa shape index (κ2) is 13.9. The standard InChI is InChI=1S/C32H30N4O2.C2HF3O2/c1-35(21-20-24-12-5-2-6-13-24)29(37)26-15-11-14-25(22-26)23-36-30(38)32(34-31(36)33,27-16-7-3-8-17-27)28-18-9-4-10-19-28;3-2(4,5)1(6)7/h2-19,22H,20-21,23H2,1H3,(H2,33,34);(H,6,7). The Balaban J connectivity index is 0.000000591. The molecule has 1 fully saturated rings. The maximum atomic E-state index is 14.0. The number of carbonyl (C=O) groups is 3. The number of benzene rings is 4. The third-order valence-corrected chi connectivity index (χ3v) is 7.24. The lowest BCUT2D eigenvalue weighted by atomic mass is 9.82. The molecule has 0 atom stereocenters. The fraction of sp³-hybridized carbons (Fsp3) is 0.176. The maximum absolute atomic E-state index is 14.0. The van der Waals surface area contributed by atoms with Crippen LogP contribution >= 0.6 is 0 Å². The zero-order valence-electron chi connectivity index (χ0n) is 24.3. The molecule has 45 heavy (non-hydrogen) atoms. The molecule has 0 bridgehead atoms. The Kier molecular flexibility index (Phi) is 10.0. The van der Waals surface area contributed by atoms with Crippen LogP contribution in [0, 0.1) is 5.41 Å². The lowest BCUT2D eigenvalue weighted by Gasteiger charge is -2.28. The van der Waals surface area contributed by atoms with Gasteiger partial charge in [0.2, 0.25) is 0 Å². The molecule has 1 saturated heterocycles. The Hall–Kier alpha value is -5.45. The molecule has 3 N–H and O–H groups in total. The third kappa shape index (κ3) is 7.56. The molecule has 5 rings (SSSR count). The minimum Gasteiger partial charge on any atom is -0.475 e. The summed E-state index contributed by atoms with van der Waals surface area (Å²) in [5, 5.41) is 19.0. The molecule has 1 heterocycles. The van der Waals surface area contributed by atoms with Crippen LogP contribution in [0.2, 0.25) is 0 Å². The fourth-order valence-electron chi connectivity index (χ4n) is 4.94. The van der Waals surface area contributed by atoms with Gasteiger partial charge in [-0.25, -0.2) is 4.79 Å². The number of carbonyl (C=O) groups excluding carboxylic acids is 2. The molecule has 4 aromatic carbocycles. The molecule has 232 valence electrons. The molecule has 0 radical (unpaired) electrons. The van der Waals surface area contributed by atoms with E-state index in [1.807, 2.05) is 97.1 Å². The van der Waals surface area contributed by atoms with Crippen LogP contribution in [0.5, 0.6) is 0 Å². The van der Waals surface area contributed by atoms with E-state index in [4.69, 9.17) is 15.3 Å². The molecule has 1 aliphatic heterocycles. The number of carboxylic acid groups (broad SMARTS) is 1. The summed E-state index contributed by atoms with van der Waals surface area (Å²) < 4.78 is 31.7. The van der Waals surface area contributed by atoms with E-state index in [0.717, 1.165) is 23.1 Å². The minimum absolute atomic E-state index is 0.0272. The summed E-state index contributed by atoms with van der Waals surface area (Å²) in [5.41, 5.74) is 2.87. The molecule has 8 nitrogen and oxygen atoms in total. The van der Waals surface area contributed by atoms with Gasteiger partial charge >= 0.3 is 12.1 Å². The van der Waals surface area contributed by atoms with Crippen LogP contribution in [0.15, 0.2) is 115 Å². The summed E-state index contributed by atoms with van der Waals surface area (Å²) in [4.78, 5) is 39.2. The smallest absolute Gasteiger partial charge is 0.475 e. The number of nitrogens with one attached hydrogen (secondary N) is 2. The lowest BCUT2D eigenvalue weighted by molar-refractivity contribution is -0.192. The Morgan fingerprint density at radius 3 is 1.84 bits per heavy atom. The second-order valence-electron chi connectivity index (χ2n) is 10.3. The van der Waals surface area contributed by atoms with E-state index in [1.165, 1.54) is 10.5 Å². The van der Waals surface area contributed by atoms with Crippen molar-refractivity contribution in [3.63, 3.8) is 0 Å². The number of carboxylic acids is 1. The van der Waals surface area contributed by atoms with Gasteiger partial charge in [0.25, 0.3) is 11.8 Å². The highest BCUT2D eigenvalue weighted by atomic mass is 19.4. The minimum atomic E-state index is -5.08. The van der Waals surface area contributed by atoms with Crippen molar-refractivity contribution in [1.29, 1.82) is 5.41 Å². The first kappa shape index (κ1) is 32.5. The first-order valence-electron chi connectivity index (χ1n) is 13.9. The third-order valence-electron chi connectivity index (χ3n) is 7.24. The van der Waals surface area contributed by atoms with Gasteiger partial charge in [0, 0.05) is 19.2 Å². The first-order chi connectivity index (χ1) is 21.4. The summed E-state index contributed by atoms with van der Waals surface area (Å²) in [6, 6.07) is 36.4. The summed E-state index contributed by atoms with van der Waals surface area (Å²) in [6.45, 7) is 0.782. The summed E-state index contributed by atoms with van der Waals surface area (Å²) >= 11 is 0. The molecule has 0 saturated carbocycles. The quantitative estimate of drug-likeness (QED) is 0.244. The monoisotopic (exact) mass is 616 g/mol. The summed E-state index contributed by atoms with van der Waals surface area (Å²) in [7, 11) is 1.80. The Labute approximate surface area is 258 Å². The van der Waals surface area contributed by atoms with Crippen LogP contribution in [0.25, 0.3) is 0 Å². The maximum Gasteiger partial charge on any atom is 0.490 e. The van der Waals surface area contributed by atoms with Crippen LogP contribution < -0.4 is 5.32 Å². The number of likely N-dealkylation sites (N-methyl/N-ethyl adjacent to an activating group) is 1. The van der Waals surface area contributed by atoms with Crippen molar-refractivity contribution in [2.24, 2.45) is 0 Å². The molecular formula is C34H31F3N4O4. The van der Waals surface area contributed by atoms with Crippen molar-refractivity contribution in [3.05, 3.63) is 143 Å². The number of alkyl halides is 3. The second-order valence-corrected chi connectivity index (χ2v) is 10.3. The molecule has 11 heteroatoms. The zero-order valence-corrected chi connectivity index (χ0v) is 24.3. The molecule has 1 aliphatic rings. The van der Waals surface area contributed by atoms with E-state index >= 15 is 0 Å². The molecule has 0 aliphatic carbocycles. The molecule has 4 aromatic rings.